The molecular weight excluding hydrogens is 278 g/mol. The summed E-state index contributed by atoms with van der Waals surface area (Å²) in [7, 11) is 0. The summed E-state index contributed by atoms with van der Waals surface area (Å²) in [5, 5.41) is 10.9. The zero-order chi connectivity index (χ0) is 14.4. The van der Waals surface area contributed by atoms with Crippen molar-refractivity contribution >= 4 is 22.9 Å². The number of hydrogen-bond acceptors (Lipinski definition) is 6. The highest BCUT2D eigenvalue weighted by Gasteiger charge is 2.24. The lowest BCUT2D eigenvalue weighted by Crippen LogP contribution is -2.47. The molecule has 0 atom stereocenters. The molecular formula is C13H21N3O3S. The Kier molecular flexibility index (Phi) is 6.03. The van der Waals surface area contributed by atoms with Crippen molar-refractivity contribution in [3.63, 3.8) is 0 Å². The van der Waals surface area contributed by atoms with E-state index in [9.17, 15) is 9.59 Å². The van der Waals surface area contributed by atoms with Crippen LogP contribution in [0.1, 0.15) is 12.8 Å². The Morgan fingerprint density at radius 1 is 1.15 bits per heavy atom. The molecule has 0 unspecified atom stereocenters. The highest BCUT2D eigenvalue weighted by molar-refractivity contribution is 8.18. The first kappa shape index (κ1) is 15.5. The van der Waals surface area contributed by atoms with Crippen LogP contribution >= 0.6 is 11.8 Å². The van der Waals surface area contributed by atoms with Crippen LogP contribution in [0.3, 0.4) is 0 Å². The van der Waals surface area contributed by atoms with E-state index < -0.39 is 0 Å². The van der Waals surface area contributed by atoms with Gasteiger partial charge in [-0.05, 0) is 31.1 Å². The number of carbonyl (C=O) groups excluding carboxylic acids is 2. The van der Waals surface area contributed by atoms with Crippen molar-refractivity contribution < 1.29 is 14.7 Å². The minimum Gasteiger partial charge on any atom is -0.395 e. The van der Waals surface area contributed by atoms with Crippen LogP contribution in [0.25, 0.3) is 0 Å². The summed E-state index contributed by atoms with van der Waals surface area (Å²) in [6, 6.07) is 0. The van der Waals surface area contributed by atoms with Gasteiger partial charge in [0.25, 0.3) is 11.1 Å². The maximum absolute atomic E-state index is 11.3. The van der Waals surface area contributed by atoms with Crippen molar-refractivity contribution in [1.82, 2.24) is 15.1 Å². The second-order valence-electron chi connectivity index (χ2n) is 4.96. The predicted molar refractivity (Wildman–Crippen MR) is 78.4 cm³/mol. The molecule has 0 spiro atoms. The van der Waals surface area contributed by atoms with Crippen LogP contribution in [-0.4, -0.2) is 71.9 Å². The summed E-state index contributed by atoms with van der Waals surface area (Å²) < 4.78 is 0. The first-order chi connectivity index (χ1) is 9.69. The lowest BCUT2D eigenvalue weighted by atomic mass is 10.2. The topological polar surface area (TPSA) is 72.9 Å². The molecule has 112 valence electrons. The zero-order valence-corrected chi connectivity index (χ0v) is 12.3. The summed E-state index contributed by atoms with van der Waals surface area (Å²) in [4.78, 5) is 27.5. The SMILES string of the molecule is O=C1NC(=O)/C(=C\CCCN2CCN(CCO)CC2)S1. The van der Waals surface area contributed by atoms with E-state index in [2.05, 4.69) is 15.1 Å². The van der Waals surface area contributed by atoms with Gasteiger partial charge >= 0.3 is 0 Å². The Balaban J connectivity index is 1.61. The molecule has 2 saturated heterocycles. The Hall–Kier alpha value is -0.890. The van der Waals surface area contributed by atoms with E-state index in [-0.39, 0.29) is 17.8 Å². The number of β-amino-alcohol motifs (C(OH)–C–C–N with tert-alkyl or cyclic N) is 1. The number of nitrogens with one attached hydrogen (secondary N) is 1. The summed E-state index contributed by atoms with van der Waals surface area (Å²) in [6.07, 6.45) is 3.67. The fraction of sp³-hybridized carbons (Fsp3) is 0.692. The van der Waals surface area contributed by atoms with E-state index in [4.69, 9.17) is 5.11 Å². The molecule has 7 heteroatoms. The van der Waals surface area contributed by atoms with Crippen LogP contribution in [0.4, 0.5) is 4.79 Å². The number of aliphatic hydroxyl groups is 1. The third-order valence-corrected chi connectivity index (χ3v) is 4.39. The van der Waals surface area contributed by atoms with E-state index in [0.29, 0.717) is 4.91 Å². The maximum Gasteiger partial charge on any atom is 0.290 e. The lowest BCUT2D eigenvalue weighted by Gasteiger charge is -2.34. The van der Waals surface area contributed by atoms with E-state index in [0.717, 1.165) is 63.9 Å². The third kappa shape index (κ3) is 4.59. The van der Waals surface area contributed by atoms with E-state index in [1.807, 2.05) is 6.08 Å². The van der Waals surface area contributed by atoms with Crippen LogP contribution in [0.15, 0.2) is 11.0 Å². The minimum absolute atomic E-state index is 0.228. The van der Waals surface area contributed by atoms with Crippen LogP contribution in [0.2, 0.25) is 0 Å². The largest absolute Gasteiger partial charge is 0.395 e. The Bertz CT molecular complexity index is 392. The van der Waals surface area contributed by atoms with Gasteiger partial charge in [0.1, 0.15) is 0 Å². The number of amides is 2. The fourth-order valence-corrected chi connectivity index (χ4v) is 3.07. The van der Waals surface area contributed by atoms with Crippen molar-refractivity contribution in [2.24, 2.45) is 0 Å². The van der Waals surface area contributed by atoms with Crippen LogP contribution in [-0.2, 0) is 4.79 Å². The average Bonchev–Trinajstić information content (AvgIpc) is 2.75. The summed E-state index contributed by atoms with van der Waals surface area (Å²) in [5.41, 5.74) is 0. The van der Waals surface area contributed by atoms with Gasteiger partial charge < -0.3 is 10.0 Å². The van der Waals surface area contributed by atoms with Gasteiger partial charge in [0.15, 0.2) is 0 Å². The fourth-order valence-electron chi connectivity index (χ4n) is 2.39. The van der Waals surface area contributed by atoms with Gasteiger partial charge in [0, 0.05) is 32.7 Å². The first-order valence-electron chi connectivity index (χ1n) is 6.98. The monoisotopic (exact) mass is 299 g/mol. The van der Waals surface area contributed by atoms with Crippen LogP contribution in [0, 0.1) is 0 Å². The maximum atomic E-state index is 11.3. The molecule has 2 N–H and O–H groups in total. The molecule has 0 aromatic rings. The zero-order valence-electron chi connectivity index (χ0n) is 11.5. The predicted octanol–water partition coefficient (Wildman–Crippen LogP) is 0.243. The number of imide groups is 1. The molecule has 0 bridgehead atoms. The molecule has 20 heavy (non-hydrogen) atoms. The number of unbranched alkanes of at least 4 members (excludes halogenated alkanes) is 1. The van der Waals surface area contributed by atoms with Gasteiger partial charge in [-0.3, -0.25) is 19.8 Å². The Morgan fingerprint density at radius 2 is 1.80 bits per heavy atom. The number of thioether (sulfide) groups is 1. The minimum atomic E-state index is -0.277. The number of carbonyl (C=O) groups is 2. The normalized spacial score (nSPS) is 23.6. The summed E-state index contributed by atoms with van der Waals surface area (Å²) in [6.45, 7) is 6.08. The number of allylic oxidation sites excluding steroid dienone is 1. The molecule has 0 aromatic heterocycles. The molecule has 2 aliphatic heterocycles. The van der Waals surface area contributed by atoms with Gasteiger partial charge in [0.05, 0.1) is 11.5 Å². The van der Waals surface area contributed by atoms with Crippen molar-refractivity contribution in [3.8, 4) is 0 Å². The molecule has 2 rings (SSSR count). The lowest BCUT2D eigenvalue weighted by molar-refractivity contribution is -0.115. The number of rotatable bonds is 6. The second-order valence-corrected chi connectivity index (χ2v) is 5.98. The molecule has 2 heterocycles. The first-order valence-corrected chi connectivity index (χ1v) is 7.79. The van der Waals surface area contributed by atoms with Gasteiger partial charge in [0.2, 0.25) is 0 Å². The van der Waals surface area contributed by atoms with E-state index in [1.165, 1.54) is 0 Å². The molecule has 6 nitrogen and oxygen atoms in total. The number of hydrogen-bond donors (Lipinski definition) is 2. The van der Waals surface area contributed by atoms with Crippen LogP contribution in [0.5, 0.6) is 0 Å². The molecule has 0 aliphatic carbocycles. The highest BCUT2D eigenvalue weighted by atomic mass is 32.2. The Morgan fingerprint density at radius 3 is 2.35 bits per heavy atom. The van der Waals surface area contributed by atoms with Gasteiger partial charge in [-0.25, -0.2) is 0 Å². The van der Waals surface area contributed by atoms with Crippen LogP contribution < -0.4 is 5.32 Å². The smallest absolute Gasteiger partial charge is 0.290 e. The van der Waals surface area contributed by atoms with Crippen molar-refractivity contribution in [3.05, 3.63) is 11.0 Å². The molecule has 0 radical (unpaired) electrons. The second kappa shape index (κ2) is 7.78. The van der Waals surface area contributed by atoms with E-state index in [1.54, 1.807) is 0 Å². The van der Waals surface area contributed by atoms with Crippen molar-refractivity contribution in [2.45, 2.75) is 12.8 Å². The number of aliphatic hydroxyl groups excluding tert-OH is 1. The summed E-state index contributed by atoms with van der Waals surface area (Å²) >= 11 is 0.983. The number of piperazine rings is 1. The van der Waals surface area contributed by atoms with Gasteiger partial charge in [-0.2, -0.15) is 0 Å². The molecule has 2 amide bonds. The standard InChI is InChI=1S/C13H21N3O3S/c17-10-9-16-7-5-15(6-8-16)4-2-1-3-11-12(18)14-13(19)20-11/h3,17H,1-2,4-10H2,(H,14,18,19)/b11-3+. The summed E-state index contributed by atoms with van der Waals surface area (Å²) in [5.74, 6) is -0.266. The van der Waals surface area contributed by atoms with Crippen molar-refractivity contribution in [1.29, 1.82) is 0 Å². The molecule has 0 saturated carbocycles. The Labute approximate surface area is 123 Å². The molecule has 2 fully saturated rings. The van der Waals surface area contributed by atoms with Gasteiger partial charge in [-0.15, -0.1) is 0 Å². The molecule has 0 aromatic carbocycles. The number of nitrogens with zero attached hydrogens (tertiary/aromatic N) is 2. The third-order valence-electron chi connectivity index (χ3n) is 3.53. The van der Waals surface area contributed by atoms with Gasteiger partial charge in [-0.1, -0.05) is 6.08 Å². The highest BCUT2D eigenvalue weighted by Crippen LogP contribution is 2.23. The molecule has 2 aliphatic rings. The van der Waals surface area contributed by atoms with E-state index >= 15 is 0 Å². The van der Waals surface area contributed by atoms with Crippen molar-refractivity contribution in [2.75, 3.05) is 45.9 Å². The average molecular weight is 299 g/mol. The quantitative estimate of drug-likeness (QED) is 0.541.